The lowest BCUT2D eigenvalue weighted by Crippen LogP contribution is -2.11. The molecule has 2 aromatic heterocycles. The molecular formula is C13H15ClIN5O2. The van der Waals surface area contributed by atoms with Crippen molar-refractivity contribution in [3.8, 4) is 17.2 Å². The summed E-state index contributed by atoms with van der Waals surface area (Å²) in [7, 11) is 0. The van der Waals surface area contributed by atoms with Crippen LogP contribution in [0, 0.1) is 3.57 Å². The van der Waals surface area contributed by atoms with E-state index in [4.69, 9.17) is 15.0 Å². The SMILES string of the molecule is Cl.NCCOc1noc(-c2ccccc2)c1I.c1c[nH]nn1. The number of benzene rings is 1. The molecule has 0 spiro atoms. The molecule has 0 unspecified atom stereocenters. The summed E-state index contributed by atoms with van der Waals surface area (Å²) in [6.07, 6.45) is 3.24. The Morgan fingerprint density at radius 2 is 2.05 bits per heavy atom. The van der Waals surface area contributed by atoms with Crippen LogP contribution in [0.3, 0.4) is 0 Å². The van der Waals surface area contributed by atoms with E-state index in [-0.39, 0.29) is 12.4 Å². The summed E-state index contributed by atoms with van der Waals surface area (Å²) in [5, 5.41) is 13.1. The summed E-state index contributed by atoms with van der Waals surface area (Å²) >= 11 is 2.16. The van der Waals surface area contributed by atoms with E-state index in [1.165, 1.54) is 0 Å². The van der Waals surface area contributed by atoms with Crippen LogP contribution in [0.5, 0.6) is 5.88 Å². The first-order valence-corrected chi connectivity index (χ1v) is 7.24. The Morgan fingerprint density at radius 1 is 1.27 bits per heavy atom. The third-order valence-electron chi connectivity index (χ3n) is 2.33. The van der Waals surface area contributed by atoms with Gasteiger partial charge in [0.25, 0.3) is 5.88 Å². The number of aromatic amines is 1. The fraction of sp³-hybridized carbons (Fsp3) is 0.154. The van der Waals surface area contributed by atoms with Crippen LogP contribution in [0.4, 0.5) is 0 Å². The van der Waals surface area contributed by atoms with E-state index >= 15 is 0 Å². The molecule has 7 nitrogen and oxygen atoms in total. The highest BCUT2D eigenvalue weighted by Gasteiger charge is 2.15. The molecule has 2 heterocycles. The Balaban J connectivity index is 0.000000344. The van der Waals surface area contributed by atoms with Crippen LogP contribution in [-0.4, -0.2) is 33.7 Å². The van der Waals surface area contributed by atoms with E-state index in [9.17, 15) is 0 Å². The standard InChI is InChI=1S/C11H11IN2O2.C2H3N3.ClH/c12-9-10(8-4-2-1-3-5-8)16-14-11(9)15-7-6-13;1-2-4-5-3-1;/h1-5H,6-7,13H2;1-2H,(H,3,4,5);1H. The molecule has 0 saturated carbocycles. The van der Waals surface area contributed by atoms with E-state index in [0.29, 0.717) is 19.0 Å². The van der Waals surface area contributed by atoms with Crippen molar-refractivity contribution in [1.29, 1.82) is 0 Å². The summed E-state index contributed by atoms with van der Waals surface area (Å²) in [5.41, 5.74) is 6.35. The molecule has 22 heavy (non-hydrogen) atoms. The van der Waals surface area contributed by atoms with Crippen molar-refractivity contribution in [1.82, 2.24) is 20.6 Å². The number of nitrogens with zero attached hydrogens (tertiary/aromatic N) is 3. The van der Waals surface area contributed by atoms with E-state index in [0.717, 1.165) is 14.9 Å². The van der Waals surface area contributed by atoms with Crippen LogP contribution in [0.1, 0.15) is 0 Å². The average molecular weight is 436 g/mol. The molecule has 0 aliphatic rings. The normalized spacial score (nSPS) is 9.36. The third-order valence-corrected chi connectivity index (χ3v) is 3.28. The minimum absolute atomic E-state index is 0. The quantitative estimate of drug-likeness (QED) is 0.611. The Morgan fingerprint density at radius 3 is 2.59 bits per heavy atom. The van der Waals surface area contributed by atoms with Gasteiger partial charge < -0.3 is 15.0 Å². The zero-order valence-corrected chi connectivity index (χ0v) is 14.5. The maximum Gasteiger partial charge on any atom is 0.268 e. The van der Waals surface area contributed by atoms with E-state index in [1.54, 1.807) is 12.4 Å². The van der Waals surface area contributed by atoms with Gasteiger partial charge in [-0.15, -0.1) is 17.5 Å². The van der Waals surface area contributed by atoms with Gasteiger partial charge in [0.2, 0.25) is 0 Å². The van der Waals surface area contributed by atoms with Gasteiger partial charge >= 0.3 is 0 Å². The second-order valence-corrected chi connectivity index (χ2v) is 4.87. The number of nitrogens with two attached hydrogens (primary N) is 1. The number of hydrogen-bond acceptors (Lipinski definition) is 6. The van der Waals surface area contributed by atoms with Crippen LogP contribution in [-0.2, 0) is 0 Å². The Kier molecular flexibility index (Phi) is 8.48. The number of rotatable bonds is 4. The molecule has 0 fully saturated rings. The average Bonchev–Trinajstić information content (AvgIpc) is 3.20. The second kappa shape index (κ2) is 10.1. The molecule has 0 saturated heterocycles. The van der Waals surface area contributed by atoms with E-state index in [1.807, 2.05) is 30.3 Å². The molecule has 1 aromatic carbocycles. The number of aromatic nitrogens is 4. The lowest BCUT2D eigenvalue weighted by Gasteiger charge is -1.99. The monoisotopic (exact) mass is 435 g/mol. The molecule has 118 valence electrons. The molecule has 0 amide bonds. The van der Waals surface area contributed by atoms with Crippen molar-refractivity contribution in [2.45, 2.75) is 0 Å². The summed E-state index contributed by atoms with van der Waals surface area (Å²) in [6, 6.07) is 9.80. The molecule has 0 bridgehead atoms. The van der Waals surface area contributed by atoms with Crippen LogP contribution < -0.4 is 10.5 Å². The van der Waals surface area contributed by atoms with Gasteiger partial charge in [0.1, 0.15) is 10.2 Å². The van der Waals surface area contributed by atoms with Crippen molar-refractivity contribution < 1.29 is 9.26 Å². The van der Waals surface area contributed by atoms with Crippen LogP contribution in [0.15, 0.2) is 47.2 Å². The highest BCUT2D eigenvalue weighted by atomic mass is 127. The van der Waals surface area contributed by atoms with Crippen molar-refractivity contribution >= 4 is 35.0 Å². The van der Waals surface area contributed by atoms with Gasteiger partial charge in [-0.25, -0.2) is 0 Å². The molecule has 3 rings (SSSR count). The van der Waals surface area contributed by atoms with Gasteiger partial charge in [-0.3, -0.25) is 5.10 Å². The highest BCUT2D eigenvalue weighted by Crippen LogP contribution is 2.31. The highest BCUT2D eigenvalue weighted by molar-refractivity contribution is 14.1. The molecule has 0 atom stereocenters. The van der Waals surface area contributed by atoms with Gasteiger partial charge in [-0.2, -0.15) is 0 Å². The minimum Gasteiger partial charge on any atom is -0.473 e. The lowest BCUT2D eigenvalue weighted by atomic mass is 10.2. The summed E-state index contributed by atoms with van der Waals surface area (Å²) in [4.78, 5) is 0. The fourth-order valence-electron chi connectivity index (χ4n) is 1.45. The number of ether oxygens (including phenoxy) is 1. The van der Waals surface area contributed by atoms with Crippen molar-refractivity contribution in [3.63, 3.8) is 0 Å². The first-order chi connectivity index (χ1) is 10.3. The Hall–Kier alpha value is -1.65. The minimum atomic E-state index is 0. The van der Waals surface area contributed by atoms with Gasteiger partial charge in [0.05, 0.1) is 6.20 Å². The topological polar surface area (TPSA) is 103 Å². The molecule has 0 aliphatic carbocycles. The Labute approximate surface area is 147 Å². The van der Waals surface area contributed by atoms with Crippen LogP contribution in [0.2, 0.25) is 0 Å². The molecule has 3 aromatic rings. The molecule has 0 aliphatic heterocycles. The fourth-order valence-corrected chi connectivity index (χ4v) is 2.11. The molecule has 3 N–H and O–H groups in total. The predicted molar refractivity (Wildman–Crippen MR) is 92.8 cm³/mol. The lowest BCUT2D eigenvalue weighted by molar-refractivity contribution is 0.287. The summed E-state index contributed by atoms with van der Waals surface area (Å²) in [6.45, 7) is 0.903. The maximum atomic E-state index is 5.36. The summed E-state index contributed by atoms with van der Waals surface area (Å²) in [5.74, 6) is 1.23. The number of H-pyrrole nitrogens is 1. The van der Waals surface area contributed by atoms with Crippen molar-refractivity contribution in [2.75, 3.05) is 13.2 Å². The second-order valence-electron chi connectivity index (χ2n) is 3.79. The Bertz CT molecular complexity index is 616. The smallest absolute Gasteiger partial charge is 0.268 e. The maximum absolute atomic E-state index is 5.36. The number of nitrogens with one attached hydrogen (secondary N) is 1. The van der Waals surface area contributed by atoms with Gasteiger partial charge in [-0.05, 0) is 27.7 Å². The van der Waals surface area contributed by atoms with Crippen molar-refractivity contribution in [2.24, 2.45) is 5.73 Å². The van der Waals surface area contributed by atoms with Crippen molar-refractivity contribution in [3.05, 3.63) is 46.3 Å². The summed E-state index contributed by atoms with van der Waals surface area (Å²) < 4.78 is 11.5. The molecular weight excluding hydrogens is 421 g/mol. The van der Waals surface area contributed by atoms with Crippen LogP contribution in [0.25, 0.3) is 11.3 Å². The molecule has 0 radical (unpaired) electrons. The molecule has 9 heteroatoms. The first-order valence-electron chi connectivity index (χ1n) is 6.16. The number of hydrogen-bond donors (Lipinski definition) is 2. The third kappa shape index (κ3) is 5.28. The van der Waals surface area contributed by atoms with Gasteiger partial charge in [0.15, 0.2) is 5.76 Å². The van der Waals surface area contributed by atoms with E-state index < -0.39 is 0 Å². The van der Waals surface area contributed by atoms with Gasteiger partial charge in [-0.1, -0.05) is 35.5 Å². The zero-order chi connectivity index (χ0) is 14.9. The number of halogens is 2. The van der Waals surface area contributed by atoms with E-state index in [2.05, 4.69) is 43.2 Å². The largest absolute Gasteiger partial charge is 0.473 e. The first kappa shape index (κ1) is 18.4. The zero-order valence-electron chi connectivity index (χ0n) is 11.5. The van der Waals surface area contributed by atoms with Gasteiger partial charge in [0, 0.05) is 18.3 Å². The van der Waals surface area contributed by atoms with Crippen LogP contribution >= 0.6 is 35.0 Å². The predicted octanol–water partition coefficient (Wildman–Crippen LogP) is 2.51.